The number of carbonyl (C=O) groups excluding carboxylic acids is 1. The van der Waals surface area contributed by atoms with Crippen molar-refractivity contribution in [3.8, 4) is 0 Å². The minimum atomic E-state index is -0.128. The molecule has 3 N–H and O–H groups in total. The lowest BCUT2D eigenvalue weighted by Crippen LogP contribution is -2.15. The third-order valence-corrected chi connectivity index (χ3v) is 4.72. The van der Waals surface area contributed by atoms with Crippen molar-refractivity contribution in [2.45, 2.75) is 27.2 Å². The summed E-state index contributed by atoms with van der Waals surface area (Å²) < 4.78 is 5.11. The zero-order chi connectivity index (χ0) is 22.5. The van der Waals surface area contributed by atoms with Gasteiger partial charge in [-0.1, -0.05) is 11.2 Å². The van der Waals surface area contributed by atoms with Gasteiger partial charge in [0.05, 0.1) is 12.1 Å². The Morgan fingerprint density at radius 2 is 1.62 bits per heavy atom. The van der Waals surface area contributed by atoms with Gasteiger partial charge in [0.25, 0.3) is 0 Å². The van der Waals surface area contributed by atoms with E-state index in [0.717, 1.165) is 16.9 Å². The number of amides is 1. The van der Waals surface area contributed by atoms with Crippen LogP contribution in [0, 0.1) is 20.8 Å². The lowest BCUT2D eigenvalue weighted by atomic mass is 10.1. The van der Waals surface area contributed by atoms with Crippen molar-refractivity contribution in [3.05, 3.63) is 77.6 Å². The van der Waals surface area contributed by atoms with Crippen LogP contribution in [0.3, 0.4) is 0 Å². The highest BCUT2D eigenvalue weighted by Crippen LogP contribution is 2.21. The summed E-state index contributed by atoms with van der Waals surface area (Å²) in [5.74, 6) is 3.14. The zero-order valence-corrected chi connectivity index (χ0v) is 18.0. The molecule has 3 aromatic heterocycles. The van der Waals surface area contributed by atoms with Gasteiger partial charge in [-0.2, -0.15) is 0 Å². The van der Waals surface area contributed by atoms with Crippen molar-refractivity contribution in [3.63, 3.8) is 0 Å². The molecule has 0 fully saturated rings. The molecule has 0 saturated heterocycles. The van der Waals surface area contributed by atoms with Crippen molar-refractivity contribution in [2.75, 3.05) is 16.0 Å². The van der Waals surface area contributed by atoms with Gasteiger partial charge in [-0.15, -0.1) is 0 Å². The smallest absolute Gasteiger partial charge is 0.228 e. The first-order chi connectivity index (χ1) is 15.5. The second-order valence-corrected chi connectivity index (χ2v) is 7.26. The average Bonchev–Trinajstić information content (AvgIpc) is 3.07. The van der Waals surface area contributed by atoms with Crippen LogP contribution < -0.4 is 16.0 Å². The molecule has 0 spiro atoms. The van der Waals surface area contributed by atoms with Crippen LogP contribution in [0.5, 0.6) is 0 Å². The van der Waals surface area contributed by atoms with E-state index in [9.17, 15) is 4.79 Å². The van der Waals surface area contributed by atoms with E-state index in [1.165, 1.54) is 0 Å². The largest absolute Gasteiger partial charge is 0.361 e. The second-order valence-electron chi connectivity index (χ2n) is 7.26. The molecule has 9 heteroatoms. The molecule has 0 radical (unpaired) electrons. The molecule has 0 atom stereocenters. The molecular weight excluding hydrogens is 406 g/mol. The number of hydrogen-bond donors (Lipinski definition) is 3. The van der Waals surface area contributed by atoms with Crippen LogP contribution in [0.4, 0.5) is 28.8 Å². The van der Waals surface area contributed by atoms with Crippen LogP contribution >= 0.6 is 0 Å². The highest BCUT2D eigenvalue weighted by atomic mass is 16.5. The first kappa shape index (κ1) is 21.0. The Kier molecular flexibility index (Phi) is 6.07. The highest BCUT2D eigenvalue weighted by Gasteiger charge is 2.13. The van der Waals surface area contributed by atoms with Gasteiger partial charge in [0.2, 0.25) is 5.91 Å². The number of nitrogens with zero attached hydrogens (tertiary/aromatic N) is 4. The first-order valence-corrected chi connectivity index (χ1v) is 10.1. The van der Waals surface area contributed by atoms with E-state index in [1.54, 1.807) is 19.2 Å². The van der Waals surface area contributed by atoms with Crippen molar-refractivity contribution in [1.29, 1.82) is 0 Å². The number of aromatic nitrogens is 4. The lowest BCUT2D eigenvalue weighted by molar-refractivity contribution is -0.115. The minimum Gasteiger partial charge on any atom is -0.361 e. The fraction of sp³-hybridized carbons (Fsp3) is 0.174. The average molecular weight is 429 g/mol. The molecule has 0 bridgehead atoms. The van der Waals surface area contributed by atoms with Crippen molar-refractivity contribution in [2.24, 2.45) is 0 Å². The fourth-order valence-corrected chi connectivity index (χ4v) is 3.17. The molecule has 32 heavy (non-hydrogen) atoms. The maximum Gasteiger partial charge on any atom is 0.228 e. The summed E-state index contributed by atoms with van der Waals surface area (Å²) in [6, 6.07) is 14.8. The van der Waals surface area contributed by atoms with Crippen molar-refractivity contribution in [1.82, 2.24) is 20.1 Å². The fourth-order valence-electron chi connectivity index (χ4n) is 3.17. The highest BCUT2D eigenvalue weighted by molar-refractivity contribution is 5.92. The van der Waals surface area contributed by atoms with Gasteiger partial charge in [0.15, 0.2) is 0 Å². The number of carbonyl (C=O) groups is 1. The number of nitrogens with one attached hydrogen (secondary N) is 3. The Bertz CT molecular complexity index is 1200. The molecule has 4 rings (SSSR count). The number of anilines is 5. The van der Waals surface area contributed by atoms with E-state index in [2.05, 4.69) is 36.1 Å². The number of rotatable bonds is 7. The number of hydrogen-bond acceptors (Lipinski definition) is 8. The molecule has 0 aliphatic heterocycles. The Balaban J connectivity index is 1.40. The summed E-state index contributed by atoms with van der Waals surface area (Å²) in [4.78, 5) is 25.4. The van der Waals surface area contributed by atoms with E-state index in [1.807, 2.05) is 56.3 Å². The monoisotopic (exact) mass is 429 g/mol. The van der Waals surface area contributed by atoms with E-state index >= 15 is 0 Å². The van der Waals surface area contributed by atoms with Crippen LogP contribution in [0.2, 0.25) is 0 Å². The van der Waals surface area contributed by atoms with Gasteiger partial charge in [-0.3, -0.25) is 4.79 Å². The predicted octanol–water partition coefficient (Wildman–Crippen LogP) is 4.45. The SMILES string of the molecule is Cc1nc(Nc2ccc(NC(=O)Cc3c(C)noc3C)cc2)cc(Nc2ccccn2)n1. The summed E-state index contributed by atoms with van der Waals surface area (Å²) in [5, 5.41) is 13.2. The van der Waals surface area contributed by atoms with Crippen LogP contribution in [0.1, 0.15) is 22.8 Å². The van der Waals surface area contributed by atoms with Gasteiger partial charge in [0, 0.05) is 29.2 Å². The van der Waals surface area contributed by atoms with Gasteiger partial charge in [-0.05, 0) is 57.2 Å². The molecule has 0 aliphatic rings. The Hall–Kier alpha value is -4.27. The number of pyridine rings is 1. The predicted molar refractivity (Wildman–Crippen MR) is 122 cm³/mol. The normalized spacial score (nSPS) is 10.6. The molecule has 3 heterocycles. The summed E-state index contributed by atoms with van der Waals surface area (Å²) in [5.41, 5.74) is 3.07. The Labute approximate surface area is 185 Å². The molecule has 9 nitrogen and oxygen atoms in total. The van der Waals surface area contributed by atoms with Crippen molar-refractivity contribution < 1.29 is 9.32 Å². The van der Waals surface area contributed by atoms with E-state index in [-0.39, 0.29) is 12.3 Å². The van der Waals surface area contributed by atoms with Crippen molar-refractivity contribution >= 4 is 34.7 Å². The maximum atomic E-state index is 12.4. The molecule has 0 saturated carbocycles. The summed E-state index contributed by atoms with van der Waals surface area (Å²) in [7, 11) is 0. The topological polar surface area (TPSA) is 118 Å². The van der Waals surface area contributed by atoms with Gasteiger partial charge in [-0.25, -0.2) is 15.0 Å². The third-order valence-electron chi connectivity index (χ3n) is 4.72. The van der Waals surface area contributed by atoms with Crippen LogP contribution in [0.25, 0.3) is 0 Å². The molecule has 0 aliphatic carbocycles. The molecule has 0 unspecified atom stereocenters. The van der Waals surface area contributed by atoms with Gasteiger partial charge < -0.3 is 20.5 Å². The minimum absolute atomic E-state index is 0.128. The van der Waals surface area contributed by atoms with Crippen LogP contribution in [0.15, 0.2) is 59.3 Å². The number of aryl methyl sites for hydroxylation is 3. The summed E-state index contributed by atoms with van der Waals surface area (Å²) in [6.45, 7) is 5.45. The van der Waals surface area contributed by atoms with Crippen LogP contribution in [-0.4, -0.2) is 26.0 Å². The van der Waals surface area contributed by atoms with E-state index in [0.29, 0.717) is 34.7 Å². The number of benzene rings is 1. The lowest BCUT2D eigenvalue weighted by Gasteiger charge is -2.11. The standard InChI is InChI=1S/C23H23N7O2/c1-14-19(15(2)32-30-14)12-23(31)28-18-9-7-17(8-10-18)27-21-13-22(26-16(3)25-21)29-20-6-4-5-11-24-20/h4-11,13H,12H2,1-3H3,(H,28,31)(H2,24,25,26,27,29). The molecular formula is C23H23N7O2. The van der Waals surface area contributed by atoms with Crippen LogP contribution in [-0.2, 0) is 11.2 Å². The third kappa shape index (κ3) is 5.25. The molecule has 1 amide bonds. The summed E-state index contributed by atoms with van der Waals surface area (Å²) >= 11 is 0. The summed E-state index contributed by atoms with van der Waals surface area (Å²) in [6.07, 6.45) is 1.93. The van der Waals surface area contributed by atoms with E-state index < -0.39 is 0 Å². The van der Waals surface area contributed by atoms with Gasteiger partial charge >= 0.3 is 0 Å². The molecule has 1 aromatic carbocycles. The maximum absolute atomic E-state index is 12.4. The van der Waals surface area contributed by atoms with E-state index in [4.69, 9.17) is 4.52 Å². The second kappa shape index (κ2) is 9.25. The molecule has 4 aromatic rings. The quantitative estimate of drug-likeness (QED) is 0.394. The zero-order valence-electron chi connectivity index (χ0n) is 18.0. The Morgan fingerprint density at radius 1 is 0.906 bits per heavy atom. The van der Waals surface area contributed by atoms with Gasteiger partial charge in [0.1, 0.15) is 29.0 Å². The molecule has 162 valence electrons. The Morgan fingerprint density at radius 3 is 2.28 bits per heavy atom. The first-order valence-electron chi connectivity index (χ1n) is 10.1.